The lowest BCUT2D eigenvalue weighted by Gasteiger charge is -2.28. The van der Waals surface area contributed by atoms with Crippen LogP contribution in [0.15, 0.2) is 48.5 Å². The van der Waals surface area contributed by atoms with Crippen molar-refractivity contribution in [2.45, 2.75) is 31.1 Å². The van der Waals surface area contributed by atoms with Gasteiger partial charge in [0.05, 0.1) is 5.41 Å². The number of carbonyl (C=O) groups excluding carboxylic acids is 1. The Kier molecular flexibility index (Phi) is 6.40. The van der Waals surface area contributed by atoms with Crippen LogP contribution in [0.1, 0.15) is 31.2 Å². The van der Waals surface area contributed by atoms with Gasteiger partial charge in [-0.3, -0.25) is 4.79 Å². The van der Waals surface area contributed by atoms with Crippen molar-refractivity contribution in [2.75, 3.05) is 32.6 Å². The number of halogens is 1. The van der Waals surface area contributed by atoms with Crippen LogP contribution in [-0.2, 0) is 10.2 Å². The molecule has 1 fully saturated rings. The van der Waals surface area contributed by atoms with Gasteiger partial charge in [0.25, 0.3) is 0 Å². The molecular weight excluding hydrogens is 360 g/mol. The lowest BCUT2D eigenvalue weighted by atomic mass is 9.78. The lowest BCUT2D eigenvalue weighted by Crippen LogP contribution is -2.37. The van der Waals surface area contributed by atoms with Crippen LogP contribution in [0.5, 0.6) is 5.75 Å². The molecule has 0 saturated heterocycles. The van der Waals surface area contributed by atoms with Crippen molar-refractivity contribution >= 4 is 23.2 Å². The van der Waals surface area contributed by atoms with Gasteiger partial charge in [0.15, 0.2) is 0 Å². The summed E-state index contributed by atoms with van der Waals surface area (Å²) in [5, 5.41) is 3.80. The van der Waals surface area contributed by atoms with Gasteiger partial charge in [-0.25, -0.2) is 0 Å². The Labute approximate surface area is 166 Å². The average Bonchev–Trinajstić information content (AvgIpc) is 3.14. The second kappa shape index (κ2) is 8.77. The minimum Gasteiger partial charge on any atom is -0.492 e. The molecule has 3 rings (SSSR count). The molecule has 1 N–H and O–H groups in total. The molecule has 1 amide bonds. The van der Waals surface area contributed by atoms with E-state index in [0.717, 1.165) is 49.2 Å². The Bertz CT molecular complexity index is 751. The fraction of sp³-hybridized carbons (Fsp3) is 0.409. The molecule has 1 aliphatic rings. The molecule has 0 unspecified atom stereocenters. The number of hydrogen-bond donors (Lipinski definition) is 1. The molecule has 144 valence electrons. The van der Waals surface area contributed by atoms with Gasteiger partial charge in [-0.1, -0.05) is 36.6 Å². The molecule has 0 aromatic heterocycles. The fourth-order valence-electron chi connectivity index (χ4n) is 3.63. The SMILES string of the molecule is CN(C)CCOc1ccc(NC(=O)C2(c3ccc(Cl)cc3)CCCC2)cc1. The molecule has 1 aliphatic carbocycles. The minimum absolute atomic E-state index is 0.0589. The first-order valence-corrected chi connectivity index (χ1v) is 9.82. The zero-order valence-electron chi connectivity index (χ0n) is 16.0. The Morgan fingerprint density at radius 2 is 1.70 bits per heavy atom. The van der Waals surface area contributed by atoms with Crippen LogP contribution in [0.3, 0.4) is 0 Å². The van der Waals surface area contributed by atoms with E-state index in [4.69, 9.17) is 16.3 Å². The van der Waals surface area contributed by atoms with Crippen molar-refractivity contribution in [3.05, 3.63) is 59.1 Å². The number of carbonyl (C=O) groups is 1. The van der Waals surface area contributed by atoms with Crippen LogP contribution in [0.25, 0.3) is 0 Å². The summed E-state index contributed by atoms with van der Waals surface area (Å²) in [4.78, 5) is 15.2. The van der Waals surface area contributed by atoms with Gasteiger partial charge in [0.2, 0.25) is 5.91 Å². The third-order valence-corrected chi connectivity index (χ3v) is 5.46. The minimum atomic E-state index is -0.467. The number of ether oxygens (including phenoxy) is 1. The predicted molar refractivity (Wildman–Crippen MR) is 111 cm³/mol. The Morgan fingerprint density at radius 3 is 2.30 bits per heavy atom. The number of likely N-dealkylation sites (N-methyl/N-ethyl adjacent to an activating group) is 1. The molecule has 0 spiro atoms. The second-order valence-corrected chi connectivity index (χ2v) is 7.86. The number of hydrogen-bond acceptors (Lipinski definition) is 3. The van der Waals surface area contributed by atoms with Gasteiger partial charge in [-0.2, -0.15) is 0 Å². The number of anilines is 1. The summed E-state index contributed by atoms with van der Waals surface area (Å²) in [6.45, 7) is 1.50. The van der Waals surface area contributed by atoms with E-state index in [-0.39, 0.29) is 5.91 Å². The van der Waals surface area contributed by atoms with E-state index >= 15 is 0 Å². The van der Waals surface area contributed by atoms with Crippen LogP contribution in [0.4, 0.5) is 5.69 Å². The Hall–Kier alpha value is -2.04. The maximum atomic E-state index is 13.2. The van der Waals surface area contributed by atoms with Crippen molar-refractivity contribution in [3.63, 3.8) is 0 Å². The molecule has 27 heavy (non-hydrogen) atoms. The van der Waals surface area contributed by atoms with Gasteiger partial charge in [0, 0.05) is 17.3 Å². The third-order valence-electron chi connectivity index (χ3n) is 5.21. The van der Waals surface area contributed by atoms with Crippen LogP contribution >= 0.6 is 11.6 Å². The summed E-state index contributed by atoms with van der Waals surface area (Å²) in [5.41, 5.74) is 1.37. The molecule has 4 nitrogen and oxygen atoms in total. The van der Waals surface area contributed by atoms with E-state index in [0.29, 0.717) is 11.6 Å². The first-order chi connectivity index (χ1) is 13.0. The van der Waals surface area contributed by atoms with Crippen molar-refractivity contribution in [2.24, 2.45) is 0 Å². The molecule has 0 heterocycles. The standard InChI is InChI=1S/C22H27ClN2O2/c1-25(2)15-16-27-20-11-9-19(10-12-20)24-21(26)22(13-3-4-14-22)17-5-7-18(23)8-6-17/h5-12H,3-4,13-16H2,1-2H3,(H,24,26). The summed E-state index contributed by atoms with van der Waals surface area (Å²) < 4.78 is 5.71. The van der Waals surface area contributed by atoms with Gasteiger partial charge >= 0.3 is 0 Å². The highest BCUT2D eigenvalue weighted by molar-refractivity contribution is 6.30. The Balaban J connectivity index is 1.68. The quantitative estimate of drug-likeness (QED) is 0.747. The summed E-state index contributed by atoms with van der Waals surface area (Å²) in [6.07, 6.45) is 3.86. The predicted octanol–water partition coefficient (Wildman–Crippen LogP) is 4.73. The molecule has 1 saturated carbocycles. The van der Waals surface area contributed by atoms with Crippen LogP contribution in [-0.4, -0.2) is 38.1 Å². The summed E-state index contributed by atoms with van der Waals surface area (Å²) in [6, 6.07) is 15.3. The molecule has 0 bridgehead atoms. The number of benzene rings is 2. The average molecular weight is 387 g/mol. The first-order valence-electron chi connectivity index (χ1n) is 9.45. The Morgan fingerprint density at radius 1 is 1.07 bits per heavy atom. The van der Waals surface area contributed by atoms with E-state index in [1.807, 2.05) is 62.6 Å². The second-order valence-electron chi connectivity index (χ2n) is 7.43. The molecule has 0 radical (unpaired) electrons. The van der Waals surface area contributed by atoms with E-state index in [9.17, 15) is 4.79 Å². The van der Waals surface area contributed by atoms with Gasteiger partial charge in [-0.05, 0) is 68.9 Å². The summed E-state index contributed by atoms with van der Waals surface area (Å²) in [7, 11) is 4.03. The van der Waals surface area contributed by atoms with Crippen LogP contribution < -0.4 is 10.1 Å². The first kappa shape index (κ1) is 19.7. The highest BCUT2D eigenvalue weighted by atomic mass is 35.5. The van der Waals surface area contributed by atoms with Gasteiger partial charge < -0.3 is 15.0 Å². The van der Waals surface area contributed by atoms with E-state index in [1.54, 1.807) is 0 Å². The number of nitrogens with zero attached hydrogens (tertiary/aromatic N) is 1. The molecule has 2 aromatic rings. The number of nitrogens with one attached hydrogen (secondary N) is 1. The summed E-state index contributed by atoms with van der Waals surface area (Å²) >= 11 is 6.03. The maximum absolute atomic E-state index is 13.2. The highest BCUT2D eigenvalue weighted by Crippen LogP contribution is 2.42. The van der Waals surface area contributed by atoms with E-state index in [1.165, 1.54) is 0 Å². The highest BCUT2D eigenvalue weighted by Gasteiger charge is 2.42. The molecule has 2 aromatic carbocycles. The molecule has 5 heteroatoms. The largest absolute Gasteiger partial charge is 0.492 e. The number of rotatable bonds is 7. The molecular formula is C22H27ClN2O2. The van der Waals surface area contributed by atoms with Crippen molar-refractivity contribution in [1.29, 1.82) is 0 Å². The monoisotopic (exact) mass is 386 g/mol. The van der Waals surface area contributed by atoms with E-state index in [2.05, 4.69) is 10.2 Å². The normalized spacial score (nSPS) is 15.7. The maximum Gasteiger partial charge on any atom is 0.235 e. The van der Waals surface area contributed by atoms with Crippen molar-refractivity contribution in [3.8, 4) is 5.75 Å². The van der Waals surface area contributed by atoms with E-state index < -0.39 is 5.41 Å². The van der Waals surface area contributed by atoms with Crippen molar-refractivity contribution < 1.29 is 9.53 Å². The van der Waals surface area contributed by atoms with Gasteiger partial charge in [-0.15, -0.1) is 0 Å². The van der Waals surface area contributed by atoms with Crippen LogP contribution in [0.2, 0.25) is 5.02 Å². The molecule has 0 atom stereocenters. The van der Waals surface area contributed by atoms with Crippen molar-refractivity contribution in [1.82, 2.24) is 4.90 Å². The topological polar surface area (TPSA) is 41.6 Å². The van der Waals surface area contributed by atoms with Crippen LogP contribution in [0, 0.1) is 0 Å². The lowest BCUT2D eigenvalue weighted by molar-refractivity contribution is -0.121. The fourth-order valence-corrected chi connectivity index (χ4v) is 3.75. The zero-order chi connectivity index (χ0) is 19.3. The zero-order valence-corrected chi connectivity index (χ0v) is 16.8. The molecule has 0 aliphatic heterocycles. The number of amides is 1. The third kappa shape index (κ3) is 4.82. The summed E-state index contributed by atoms with van der Waals surface area (Å²) in [5.74, 6) is 0.867. The smallest absolute Gasteiger partial charge is 0.235 e. The van der Waals surface area contributed by atoms with Gasteiger partial charge in [0.1, 0.15) is 12.4 Å².